The minimum atomic E-state index is -3.82. The Balaban J connectivity index is 2.82. The Hall–Kier alpha value is -1.86. The third-order valence-electron chi connectivity index (χ3n) is 3.54. The molecule has 0 aliphatic carbocycles. The molecule has 0 aliphatic rings. The summed E-state index contributed by atoms with van der Waals surface area (Å²) in [5.74, 6) is 0. The number of hydrogen-bond donors (Lipinski definition) is 2. The van der Waals surface area contributed by atoms with Gasteiger partial charge < -0.3 is 5.73 Å². The van der Waals surface area contributed by atoms with Crippen molar-refractivity contribution in [2.24, 2.45) is 5.14 Å². The van der Waals surface area contributed by atoms with Gasteiger partial charge in [-0.2, -0.15) is 5.10 Å². The number of benzene rings is 1. The first kappa shape index (κ1) is 14.5. The van der Waals surface area contributed by atoms with Gasteiger partial charge in [0.25, 0.3) is 0 Å². The molecule has 1 heterocycles. The molecule has 20 heavy (non-hydrogen) atoms. The van der Waals surface area contributed by atoms with E-state index >= 15 is 0 Å². The molecule has 0 spiro atoms. The van der Waals surface area contributed by atoms with Crippen molar-refractivity contribution in [2.45, 2.75) is 32.6 Å². The summed E-state index contributed by atoms with van der Waals surface area (Å²) < 4.78 is 25.0. The van der Waals surface area contributed by atoms with Crippen LogP contribution < -0.4 is 10.9 Å². The van der Waals surface area contributed by atoms with Gasteiger partial charge in [0.15, 0.2) is 0 Å². The first-order valence-corrected chi connectivity index (χ1v) is 7.63. The lowest BCUT2D eigenvalue weighted by molar-refractivity contribution is 0.597. The van der Waals surface area contributed by atoms with E-state index in [2.05, 4.69) is 5.10 Å². The predicted octanol–water partition coefficient (Wildman–Crippen LogP) is 1.34. The second kappa shape index (κ2) is 4.60. The van der Waals surface area contributed by atoms with Crippen molar-refractivity contribution in [2.75, 3.05) is 5.73 Å². The molecule has 108 valence electrons. The molecule has 1 aromatic carbocycles. The maximum absolute atomic E-state index is 11.6. The lowest BCUT2D eigenvalue weighted by Crippen LogP contribution is -2.16. The number of nitrogens with two attached hydrogens (primary N) is 2. The van der Waals surface area contributed by atoms with Gasteiger partial charge in [0.05, 0.1) is 16.3 Å². The van der Waals surface area contributed by atoms with Crippen LogP contribution >= 0.6 is 0 Å². The Labute approximate surface area is 118 Å². The number of primary sulfonamides is 1. The number of aromatic nitrogens is 2. The highest BCUT2D eigenvalue weighted by atomic mass is 32.2. The zero-order valence-corrected chi connectivity index (χ0v) is 12.7. The fourth-order valence-corrected chi connectivity index (χ4v) is 3.00. The summed E-state index contributed by atoms with van der Waals surface area (Å²) in [7, 11) is -3.82. The van der Waals surface area contributed by atoms with E-state index in [9.17, 15) is 8.42 Å². The molecule has 0 aliphatic heterocycles. The van der Waals surface area contributed by atoms with Gasteiger partial charge in [0.2, 0.25) is 10.0 Å². The van der Waals surface area contributed by atoms with Crippen LogP contribution in [0.4, 0.5) is 5.69 Å². The maximum Gasteiger partial charge on any atom is 0.238 e. The van der Waals surface area contributed by atoms with E-state index < -0.39 is 10.0 Å². The molecule has 6 nitrogen and oxygen atoms in total. The number of aryl methyl sites for hydroxylation is 1. The molecule has 7 heteroatoms. The van der Waals surface area contributed by atoms with Crippen LogP contribution in [0, 0.1) is 27.7 Å². The number of rotatable bonds is 2. The second-order valence-electron chi connectivity index (χ2n) is 4.92. The lowest BCUT2D eigenvalue weighted by atomic mass is 10.1. The van der Waals surface area contributed by atoms with Crippen molar-refractivity contribution >= 4 is 15.7 Å². The van der Waals surface area contributed by atoms with Gasteiger partial charge in [-0.05, 0) is 51.0 Å². The molecule has 2 rings (SSSR count). The number of hydrogen-bond acceptors (Lipinski definition) is 4. The van der Waals surface area contributed by atoms with Gasteiger partial charge in [-0.25, -0.2) is 18.2 Å². The summed E-state index contributed by atoms with van der Waals surface area (Å²) in [5, 5.41) is 9.66. The third kappa shape index (κ3) is 2.30. The number of anilines is 1. The molecule has 0 saturated carbocycles. The van der Waals surface area contributed by atoms with Crippen LogP contribution in [0.5, 0.6) is 0 Å². The molecule has 0 saturated heterocycles. The lowest BCUT2D eigenvalue weighted by Gasteiger charge is -2.13. The van der Waals surface area contributed by atoms with Gasteiger partial charge in [0.1, 0.15) is 0 Å². The summed E-state index contributed by atoms with van der Waals surface area (Å²) >= 11 is 0. The average molecular weight is 294 g/mol. The number of sulfonamides is 1. The van der Waals surface area contributed by atoms with E-state index in [-0.39, 0.29) is 4.90 Å². The molecule has 1 aromatic heterocycles. The Bertz CT molecular complexity index is 791. The molecule has 4 N–H and O–H groups in total. The monoisotopic (exact) mass is 294 g/mol. The molecular weight excluding hydrogens is 276 g/mol. The fraction of sp³-hybridized carbons (Fsp3) is 0.308. The first-order chi connectivity index (χ1) is 9.12. The Kier molecular flexibility index (Phi) is 3.35. The van der Waals surface area contributed by atoms with Crippen molar-refractivity contribution in [3.63, 3.8) is 0 Å². The molecule has 0 amide bonds. The number of nitrogen functional groups attached to an aromatic ring is 1. The Morgan fingerprint density at radius 1 is 1.10 bits per heavy atom. The molecule has 0 atom stereocenters. The third-order valence-corrected chi connectivity index (χ3v) is 4.58. The minimum Gasteiger partial charge on any atom is -0.399 e. The van der Waals surface area contributed by atoms with Crippen LogP contribution in [-0.4, -0.2) is 18.2 Å². The number of nitrogens with zero attached hydrogens (tertiary/aromatic N) is 2. The van der Waals surface area contributed by atoms with Gasteiger partial charge in [-0.3, -0.25) is 0 Å². The highest BCUT2D eigenvalue weighted by Gasteiger charge is 2.18. The summed E-state index contributed by atoms with van der Waals surface area (Å²) in [5.41, 5.74) is 10.2. The largest absolute Gasteiger partial charge is 0.399 e. The minimum absolute atomic E-state index is 0.0257. The van der Waals surface area contributed by atoms with E-state index in [4.69, 9.17) is 10.9 Å². The first-order valence-electron chi connectivity index (χ1n) is 6.09. The van der Waals surface area contributed by atoms with Crippen LogP contribution in [0.15, 0.2) is 17.0 Å². The molecule has 0 fully saturated rings. The van der Waals surface area contributed by atoms with Crippen molar-refractivity contribution in [1.82, 2.24) is 9.78 Å². The topological polar surface area (TPSA) is 104 Å². The SMILES string of the molecule is Cc1nn(-c2cc(N)cc(S(N)(=O)=O)c2C)c(C)c1C. The van der Waals surface area contributed by atoms with Gasteiger partial charge in [-0.15, -0.1) is 0 Å². The van der Waals surface area contributed by atoms with Crippen LogP contribution in [0.1, 0.15) is 22.5 Å². The fourth-order valence-electron chi connectivity index (χ4n) is 2.16. The summed E-state index contributed by atoms with van der Waals surface area (Å²) in [6.45, 7) is 7.49. The van der Waals surface area contributed by atoms with Crippen LogP contribution in [0.3, 0.4) is 0 Å². The van der Waals surface area contributed by atoms with Crippen molar-refractivity contribution < 1.29 is 8.42 Å². The molecule has 0 unspecified atom stereocenters. The van der Waals surface area contributed by atoms with Gasteiger partial charge in [0, 0.05) is 11.4 Å². The summed E-state index contributed by atoms with van der Waals surface area (Å²) in [6, 6.07) is 3.07. The van der Waals surface area contributed by atoms with Crippen LogP contribution in [0.25, 0.3) is 5.69 Å². The summed E-state index contributed by atoms with van der Waals surface area (Å²) in [4.78, 5) is 0.0257. The Morgan fingerprint density at radius 3 is 2.15 bits per heavy atom. The second-order valence-corrected chi connectivity index (χ2v) is 6.45. The molecular formula is C13H18N4O2S. The quantitative estimate of drug-likeness (QED) is 0.815. The smallest absolute Gasteiger partial charge is 0.238 e. The standard InChI is InChI=1S/C13H18N4O2S/c1-7-9(3)16-17(10(7)4)12-5-11(14)6-13(8(12)2)20(15,18)19/h5-6H,14H2,1-4H3,(H2,15,18,19). The highest BCUT2D eigenvalue weighted by molar-refractivity contribution is 7.89. The maximum atomic E-state index is 11.6. The van der Waals surface area contributed by atoms with Crippen molar-refractivity contribution in [1.29, 1.82) is 0 Å². The summed E-state index contributed by atoms with van der Waals surface area (Å²) in [6.07, 6.45) is 0. The Morgan fingerprint density at radius 2 is 1.70 bits per heavy atom. The highest BCUT2D eigenvalue weighted by Crippen LogP contribution is 2.27. The normalized spacial score (nSPS) is 11.8. The predicted molar refractivity (Wildman–Crippen MR) is 78.3 cm³/mol. The molecule has 0 bridgehead atoms. The van der Waals surface area contributed by atoms with Gasteiger partial charge in [-0.1, -0.05) is 0 Å². The van der Waals surface area contributed by atoms with E-state index in [1.165, 1.54) is 6.07 Å². The van der Waals surface area contributed by atoms with Crippen molar-refractivity contribution in [3.05, 3.63) is 34.6 Å². The van der Waals surface area contributed by atoms with Crippen LogP contribution in [-0.2, 0) is 10.0 Å². The van der Waals surface area contributed by atoms with Crippen LogP contribution in [0.2, 0.25) is 0 Å². The van der Waals surface area contributed by atoms with E-state index in [1.54, 1.807) is 17.7 Å². The zero-order chi connectivity index (χ0) is 15.2. The van der Waals surface area contributed by atoms with Crippen molar-refractivity contribution in [3.8, 4) is 5.69 Å². The van der Waals surface area contributed by atoms with E-state index in [0.717, 1.165) is 17.0 Å². The molecule has 0 radical (unpaired) electrons. The average Bonchev–Trinajstić information content (AvgIpc) is 2.58. The van der Waals surface area contributed by atoms with E-state index in [1.807, 2.05) is 20.8 Å². The van der Waals surface area contributed by atoms with Gasteiger partial charge >= 0.3 is 0 Å². The molecule has 2 aromatic rings. The van der Waals surface area contributed by atoms with E-state index in [0.29, 0.717) is 16.9 Å². The zero-order valence-electron chi connectivity index (χ0n) is 11.9.